The highest BCUT2D eigenvalue weighted by Crippen LogP contribution is 2.22. The van der Waals surface area contributed by atoms with Crippen molar-refractivity contribution in [3.05, 3.63) is 29.8 Å². The van der Waals surface area contributed by atoms with Gasteiger partial charge in [-0.05, 0) is 80.9 Å². The third-order valence-corrected chi connectivity index (χ3v) is 8.09. The number of amides is 6. The van der Waals surface area contributed by atoms with Crippen LogP contribution in [0.4, 0.5) is 15.3 Å². The first-order chi connectivity index (χ1) is 23.8. The number of hydrogen-bond donors (Lipinski definition) is 6. The fourth-order valence-electron chi connectivity index (χ4n) is 4.99. The molecule has 1 unspecified atom stereocenters. The van der Waals surface area contributed by atoms with Crippen LogP contribution in [0.15, 0.2) is 24.3 Å². The van der Waals surface area contributed by atoms with Crippen molar-refractivity contribution in [2.45, 2.75) is 138 Å². The standard InChI is InChI=1S/C38H66N6O7/c1-26(2)24-51-38(8,9)21-23-41-36(49)50-25-28-16-18-29(19-17-28)42-33(46)30(14-13-22-40-35(39)48)43-34(47)32(27(3)4)44-31(45)15-11-10-12-20-37(5,6)7/h16-19,26-27,30,32H,10-15,20-25H2,1-9H3,(H,41,49)(H,42,46)(H,43,47)(H,44,45)(H3,39,40,48)/t30-,32?/m0/s1. The van der Waals surface area contributed by atoms with Crippen LogP contribution in [0.2, 0.25) is 0 Å². The Morgan fingerprint density at radius 1 is 0.784 bits per heavy atom. The summed E-state index contributed by atoms with van der Waals surface area (Å²) in [5.41, 5.74) is 6.26. The second-order valence-corrected chi connectivity index (χ2v) is 15.8. The number of ether oxygens (including phenoxy) is 2. The summed E-state index contributed by atoms with van der Waals surface area (Å²) < 4.78 is 11.2. The molecule has 0 fully saturated rings. The number of urea groups is 1. The van der Waals surface area contributed by atoms with Crippen LogP contribution in [0.1, 0.15) is 119 Å². The number of carbonyl (C=O) groups excluding carboxylic acids is 5. The number of nitrogens with one attached hydrogen (secondary N) is 5. The summed E-state index contributed by atoms with van der Waals surface area (Å²) in [5, 5.41) is 13.7. The van der Waals surface area contributed by atoms with Gasteiger partial charge in [0.1, 0.15) is 18.7 Å². The maximum Gasteiger partial charge on any atom is 0.407 e. The van der Waals surface area contributed by atoms with Crippen LogP contribution < -0.4 is 32.3 Å². The van der Waals surface area contributed by atoms with Gasteiger partial charge in [-0.3, -0.25) is 14.4 Å². The second-order valence-electron chi connectivity index (χ2n) is 15.8. The molecule has 7 N–H and O–H groups in total. The van der Waals surface area contributed by atoms with E-state index in [0.29, 0.717) is 44.0 Å². The summed E-state index contributed by atoms with van der Waals surface area (Å²) in [6.45, 7) is 19.7. The van der Waals surface area contributed by atoms with E-state index in [0.717, 1.165) is 31.2 Å². The van der Waals surface area contributed by atoms with E-state index in [-0.39, 0.29) is 42.4 Å². The zero-order valence-electron chi connectivity index (χ0n) is 32.5. The molecule has 0 bridgehead atoms. The Balaban J connectivity index is 2.75. The minimum absolute atomic E-state index is 0.0398. The van der Waals surface area contributed by atoms with Crippen molar-refractivity contribution in [2.24, 2.45) is 23.0 Å². The average Bonchev–Trinajstić information content (AvgIpc) is 3.02. The van der Waals surface area contributed by atoms with Crippen molar-refractivity contribution < 1.29 is 33.4 Å². The van der Waals surface area contributed by atoms with E-state index in [9.17, 15) is 24.0 Å². The molecule has 0 saturated heterocycles. The van der Waals surface area contributed by atoms with Gasteiger partial charge in [-0.25, -0.2) is 9.59 Å². The molecule has 0 radical (unpaired) electrons. The number of unbranched alkanes of at least 4 members (excludes halogenated alkanes) is 2. The van der Waals surface area contributed by atoms with Gasteiger partial charge >= 0.3 is 12.1 Å². The van der Waals surface area contributed by atoms with E-state index in [2.05, 4.69) is 61.2 Å². The summed E-state index contributed by atoms with van der Waals surface area (Å²) >= 11 is 0. The van der Waals surface area contributed by atoms with Crippen molar-refractivity contribution in [3.8, 4) is 0 Å². The largest absolute Gasteiger partial charge is 0.445 e. The predicted octanol–water partition coefficient (Wildman–Crippen LogP) is 5.76. The average molecular weight is 719 g/mol. The number of hydrogen-bond acceptors (Lipinski definition) is 7. The van der Waals surface area contributed by atoms with Gasteiger partial charge < -0.3 is 41.8 Å². The highest BCUT2D eigenvalue weighted by molar-refractivity contribution is 5.98. The summed E-state index contributed by atoms with van der Waals surface area (Å²) in [4.78, 5) is 62.9. The smallest absolute Gasteiger partial charge is 0.407 e. The Bertz CT molecular complexity index is 1230. The molecule has 51 heavy (non-hydrogen) atoms. The van der Waals surface area contributed by atoms with Crippen molar-refractivity contribution >= 4 is 35.5 Å². The van der Waals surface area contributed by atoms with Crippen LogP contribution in [-0.4, -0.2) is 67.2 Å². The van der Waals surface area contributed by atoms with Gasteiger partial charge in [0.05, 0.1) is 5.60 Å². The molecule has 2 atom stereocenters. The third-order valence-electron chi connectivity index (χ3n) is 8.09. The van der Waals surface area contributed by atoms with Crippen LogP contribution >= 0.6 is 0 Å². The molecule has 0 aliphatic rings. The minimum atomic E-state index is -0.949. The Morgan fingerprint density at radius 2 is 1.45 bits per heavy atom. The van der Waals surface area contributed by atoms with Crippen molar-refractivity contribution in [1.82, 2.24) is 21.3 Å². The van der Waals surface area contributed by atoms with Gasteiger partial charge in [-0.15, -0.1) is 0 Å². The van der Waals surface area contributed by atoms with Gasteiger partial charge in [0.2, 0.25) is 17.7 Å². The first kappa shape index (κ1) is 45.2. The molecule has 1 rings (SSSR count). The molecule has 1 aromatic carbocycles. The lowest BCUT2D eigenvalue weighted by atomic mass is 9.89. The van der Waals surface area contributed by atoms with Crippen LogP contribution in [0.5, 0.6) is 0 Å². The lowest BCUT2D eigenvalue weighted by Crippen LogP contribution is -2.54. The normalized spacial score (nSPS) is 12.9. The molecule has 0 saturated carbocycles. The molecule has 0 aromatic heterocycles. The third kappa shape index (κ3) is 21.8. The molecule has 290 valence electrons. The van der Waals surface area contributed by atoms with E-state index in [1.54, 1.807) is 24.3 Å². The first-order valence-electron chi connectivity index (χ1n) is 18.4. The van der Waals surface area contributed by atoms with Crippen molar-refractivity contribution in [1.29, 1.82) is 0 Å². The Morgan fingerprint density at radius 3 is 2.04 bits per heavy atom. The number of benzene rings is 1. The summed E-state index contributed by atoms with van der Waals surface area (Å²) in [5.74, 6) is -0.927. The molecule has 0 aliphatic carbocycles. The molecular weight excluding hydrogens is 652 g/mol. The van der Waals surface area contributed by atoms with Gasteiger partial charge in [-0.2, -0.15) is 0 Å². The molecule has 13 heteroatoms. The minimum Gasteiger partial charge on any atom is -0.445 e. The summed E-state index contributed by atoms with van der Waals surface area (Å²) in [6.07, 6.45) is 4.78. The Kier molecular flexibility index (Phi) is 20.2. The first-order valence-corrected chi connectivity index (χ1v) is 18.4. The van der Waals surface area contributed by atoms with Gasteiger partial charge in [0, 0.05) is 31.8 Å². The highest BCUT2D eigenvalue weighted by Gasteiger charge is 2.29. The number of nitrogens with two attached hydrogens (primary N) is 1. The molecule has 0 heterocycles. The van der Waals surface area contributed by atoms with Crippen LogP contribution in [0, 0.1) is 17.3 Å². The molecule has 0 aliphatic heterocycles. The molecule has 13 nitrogen and oxygen atoms in total. The Labute approximate surface area is 305 Å². The quantitative estimate of drug-likeness (QED) is 0.0775. The maximum atomic E-state index is 13.4. The number of primary amides is 1. The van der Waals surface area contributed by atoms with E-state index < -0.39 is 36.0 Å². The fourth-order valence-corrected chi connectivity index (χ4v) is 4.99. The van der Waals surface area contributed by atoms with Gasteiger partial charge in [0.25, 0.3) is 0 Å². The predicted molar refractivity (Wildman–Crippen MR) is 201 cm³/mol. The van der Waals surface area contributed by atoms with E-state index in [4.69, 9.17) is 15.2 Å². The number of alkyl carbamates (subject to hydrolysis) is 1. The fraction of sp³-hybridized carbons (Fsp3) is 0.711. The number of carbonyl (C=O) groups is 5. The summed E-state index contributed by atoms with van der Waals surface area (Å²) in [6, 6.07) is 4.35. The molecular formula is C38H66N6O7. The number of rotatable bonds is 23. The monoisotopic (exact) mass is 718 g/mol. The van der Waals surface area contributed by atoms with Crippen LogP contribution in [0.3, 0.4) is 0 Å². The molecule has 0 spiro atoms. The summed E-state index contributed by atoms with van der Waals surface area (Å²) in [7, 11) is 0. The second kappa shape index (κ2) is 22.8. The zero-order valence-corrected chi connectivity index (χ0v) is 32.5. The topological polar surface area (TPSA) is 190 Å². The van der Waals surface area contributed by atoms with E-state index >= 15 is 0 Å². The maximum absolute atomic E-state index is 13.4. The van der Waals surface area contributed by atoms with E-state index in [1.165, 1.54) is 0 Å². The number of anilines is 1. The lowest BCUT2D eigenvalue weighted by molar-refractivity contribution is -0.132. The van der Waals surface area contributed by atoms with Crippen molar-refractivity contribution in [3.63, 3.8) is 0 Å². The van der Waals surface area contributed by atoms with Crippen LogP contribution in [-0.2, 0) is 30.5 Å². The van der Waals surface area contributed by atoms with Gasteiger partial charge in [0.15, 0.2) is 0 Å². The Hall–Kier alpha value is -3.87. The van der Waals surface area contributed by atoms with Crippen LogP contribution in [0.25, 0.3) is 0 Å². The molecule has 6 amide bonds. The zero-order chi connectivity index (χ0) is 38.6. The molecule has 1 aromatic rings. The van der Waals surface area contributed by atoms with E-state index in [1.807, 2.05) is 27.7 Å². The lowest BCUT2D eigenvalue weighted by Gasteiger charge is -2.26. The highest BCUT2D eigenvalue weighted by atomic mass is 16.5. The van der Waals surface area contributed by atoms with Gasteiger partial charge in [-0.1, -0.05) is 73.4 Å². The van der Waals surface area contributed by atoms with Crippen molar-refractivity contribution in [2.75, 3.05) is 25.0 Å². The SMILES string of the molecule is CC(C)COC(C)(C)CCNC(=O)OCc1ccc(NC(=O)[C@H](CCCNC(N)=O)NC(=O)C(NC(=O)CCCCCC(C)(C)C)C(C)C)cc1.